The molecule has 0 saturated heterocycles. The summed E-state index contributed by atoms with van der Waals surface area (Å²) in [5, 5.41) is 11.6. The largest absolute Gasteiger partial charge is 0.455 e. The van der Waals surface area contributed by atoms with Gasteiger partial charge in [-0.1, -0.05) is 42.3 Å². The number of aliphatic hydroxyl groups is 1. The second kappa shape index (κ2) is 5.87. The van der Waals surface area contributed by atoms with Gasteiger partial charge in [-0.15, -0.1) is 0 Å². The van der Waals surface area contributed by atoms with Gasteiger partial charge in [-0.2, -0.15) is 0 Å². The van der Waals surface area contributed by atoms with Crippen LogP contribution in [0.5, 0.6) is 0 Å². The topological polar surface area (TPSA) is 42.6 Å². The number of fused-ring (bicyclic) bond motifs is 5. The van der Waals surface area contributed by atoms with Crippen LogP contribution >= 0.6 is 0 Å². The Morgan fingerprint density at radius 3 is 2.62 bits per heavy atom. The highest BCUT2D eigenvalue weighted by molar-refractivity contribution is 6.53. The van der Waals surface area contributed by atoms with Crippen molar-refractivity contribution in [1.29, 1.82) is 0 Å². The van der Waals surface area contributed by atoms with Crippen molar-refractivity contribution in [3.8, 4) is 0 Å². The maximum atomic E-state index is 10.4. The smallest absolute Gasteiger partial charge is 0.331 e. The van der Waals surface area contributed by atoms with Crippen molar-refractivity contribution in [2.75, 3.05) is 0 Å². The van der Waals surface area contributed by atoms with E-state index in [2.05, 4.69) is 0 Å². The van der Waals surface area contributed by atoms with Crippen molar-refractivity contribution in [3.05, 3.63) is 54.5 Å². The highest BCUT2D eigenvalue weighted by atomic mass is 16.5. The van der Waals surface area contributed by atoms with Crippen LogP contribution in [0.2, 0.25) is 0 Å². The zero-order valence-electron chi connectivity index (χ0n) is 21.1. The summed E-state index contributed by atoms with van der Waals surface area (Å²) < 4.78 is 61.6. The van der Waals surface area contributed by atoms with Crippen molar-refractivity contribution < 1.29 is 22.4 Å². The molecule has 0 aliphatic rings. The standard InChI is InChI=1S/C22H22BO3/c1-21(2,24)22(3,4)26-23-17-10-7-11-18-19(17)16-13-12-14-8-5-6-9-15(14)20(16)25-18/h5-13,24H,1-4H3/i5D,7D,8D,10D,12D,13D. The van der Waals surface area contributed by atoms with Gasteiger partial charge in [0.05, 0.1) is 19.4 Å². The summed E-state index contributed by atoms with van der Waals surface area (Å²) in [4.78, 5) is 0. The predicted octanol–water partition coefficient (Wildman–Crippen LogP) is 4.55. The molecule has 0 fully saturated rings. The molecular formula is C22H22BO3. The molecule has 1 radical (unpaired) electrons. The lowest BCUT2D eigenvalue weighted by Gasteiger charge is -2.37. The first-order valence-electron chi connectivity index (χ1n) is 11.3. The van der Waals surface area contributed by atoms with E-state index in [0.29, 0.717) is 10.8 Å². The number of rotatable bonds is 4. The first-order valence-corrected chi connectivity index (χ1v) is 8.35. The number of furan rings is 1. The number of hydrogen-bond acceptors (Lipinski definition) is 3. The second-order valence-electron chi connectivity index (χ2n) is 7.32. The van der Waals surface area contributed by atoms with Gasteiger partial charge in [0.1, 0.15) is 11.2 Å². The van der Waals surface area contributed by atoms with E-state index in [1.165, 1.54) is 19.6 Å². The number of benzene rings is 3. The first-order chi connectivity index (χ1) is 14.8. The van der Waals surface area contributed by atoms with Crippen molar-refractivity contribution in [2.45, 2.75) is 38.9 Å². The fraction of sp³-hybridized carbons (Fsp3) is 0.273. The lowest BCUT2D eigenvalue weighted by atomic mass is 9.80. The minimum Gasteiger partial charge on any atom is -0.455 e. The predicted molar refractivity (Wildman–Crippen MR) is 108 cm³/mol. The Labute approximate surface area is 162 Å². The van der Waals surface area contributed by atoms with Crippen LogP contribution in [-0.2, 0) is 4.65 Å². The molecule has 0 amide bonds. The van der Waals surface area contributed by atoms with Gasteiger partial charge >= 0.3 is 7.48 Å². The average Bonchev–Trinajstić information content (AvgIpc) is 3.06. The van der Waals surface area contributed by atoms with Gasteiger partial charge in [-0.05, 0) is 50.7 Å². The van der Waals surface area contributed by atoms with Crippen LogP contribution < -0.4 is 5.46 Å². The van der Waals surface area contributed by atoms with Gasteiger partial charge in [0.25, 0.3) is 0 Å². The van der Waals surface area contributed by atoms with E-state index in [4.69, 9.17) is 17.3 Å². The molecule has 0 saturated carbocycles. The zero-order valence-corrected chi connectivity index (χ0v) is 15.1. The van der Waals surface area contributed by atoms with Gasteiger partial charge in [0.2, 0.25) is 0 Å². The molecule has 4 heteroatoms. The third-order valence-corrected chi connectivity index (χ3v) is 4.92. The molecule has 0 spiro atoms. The fourth-order valence-corrected chi connectivity index (χ4v) is 2.61. The molecule has 4 aromatic rings. The summed E-state index contributed by atoms with van der Waals surface area (Å²) >= 11 is 0. The van der Waals surface area contributed by atoms with Crippen LogP contribution in [0.25, 0.3) is 32.7 Å². The highest BCUT2D eigenvalue weighted by Crippen LogP contribution is 2.33. The molecule has 0 bridgehead atoms. The minimum atomic E-state index is -1.20. The molecule has 0 aliphatic heterocycles. The summed E-state index contributed by atoms with van der Waals surface area (Å²) in [5.41, 5.74) is -1.51. The lowest BCUT2D eigenvalue weighted by Crippen LogP contribution is -2.49. The van der Waals surface area contributed by atoms with Crippen molar-refractivity contribution in [1.82, 2.24) is 0 Å². The van der Waals surface area contributed by atoms with E-state index in [-0.39, 0.29) is 63.7 Å². The fourth-order valence-electron chi connectivity index (χ4n) is 2.61. The third kappa shape index (κ3) is 2.70. The molecule has 0 aliphatic carbocycles. The molecule has 3 aromatic carbocycles. The molecule has 26 heavy (non-hydrogen) atoms. The van der Waals surface area contributed by atoms with E-state index in [1.54, 1.807) is 33.8 Å². The lowest BCUT2D eigenvalue weighted by molar-refractivity contribution is -0.0893. The molecule has 3 nitrogen and oxygen atoms in total. The van der Waals surface area contributed by atoms with Crippen LogP contribution in [0.4, 0.5) is 0 Å². The van der Waals surface area contributed by atoms with Crippen LogP contribution in [0.1, 0.15) is 35.9 Å². The molecule has 1 heterocycles. The normalized spacial score (nSPS) is 16.2. The Hall–Kier alpha value is -2.30. The molecular weight excluding hydrogens is 323 g/mol. The van der Waals surface area contributed by atoms with Crippen LogP contribution in [-0.4, -0.2) is 23.8 Å². The average molecular weight is 351 g/mol. The Bertz CT molecular complexity index is 1410. The Kier molecular flexibility index (Phi) is 2.58. The van der Waals surface area contributed by atoms with Gasteiger partial charge in [-0.3, -0.25) is 0 Å². The van der Waals surface area contributed by atoms with E-state index < -0.39 is 11.2 Å². The Morgan fingerprint density at radius 1 is 1.04 bits per heavy atom. The van der Waals surface area contributed by atoms with Crippen molar-refractivity contribution in [2.24, 2.45) is 0 Å². The SMILES string of the molecule is [2H]c1cc2oc3c4ccc([2H])c([2H])c4c([2H])c([2H])c3c2c([B]OC(C)(C)C(C)(C)O)c1[2H]. The molecule has 4 rings (SSSR count). The van der Waals surface area contributed by atoms with Gasteiger partial charge in [0.15, 0.2) is 0 Å². The summed E-state index contributed by atoms with van der Waals surface area (Å²) in [7, 11) is 1.30. The van der Waals surface area contributed by atoms with Gasteiger partial charge < -0.3 is 14.2 Å². The molecule has 0 atom stereocenters. The first kappa shape index (κ1) is 11.4. The highest BCUT2D eigenvalue weighted by Gasteiger charge is 2.36. The Balaban J connectivity index is 2.08. The summed E-state index contributed by atoms with van der Waals surface area (Å²) in [6.07, 6.45) is 0. The van der Waals surface area contributed by atoms with Crippen LogP contribution in [0.15, 0.2) is 58.9 Å². The van der Waals surface area contributed by atoms with Gasteiger partial charge in [-0.25, -0.2) is 0 Å². The van der Waals surface area contributed by atoms with Gasteiger partial charge in [0, 0.05) is 16.2 Å². The summed E-state index contributed by atoms with van der Waals surface area (Å²) in [6.45, 7) is 6.60. The van der Waals surface area contributed by atoms with Crippen molar-refractivity contribution in [3.63, 3.8) is 0 Å². The molecule has 0 unspecified atom stereocenters. The summed E-state index contributed by atoms with van der Waals surface area (Å²) in [6, 6.07) is 3.53. The third-order valence-electron chi connectivity index (χ3n) is 4.92. The van der Waals surface area contributed by atoms with E-state index in [9.17, 15) is 5.11 Å². The maximum absolute atomic E-state index is 10.4. The van der Waals surface area contributed by atoms with Crippen LogP contribution in [0, 0.1) is 0 Å². The molecule has 1 aromatic heterocycles. The second-order valence-corrected chi connectivity index (χ2v) is 7.32. The Morgan fingerprint density at radius 2 is 1.85 bits per heavy atom. The van der Waals surface area contributed by atoms with Crippen LogP contribution in [0.3, 0.4) is 0 Å². The van der Waals surface area contributed by atoms with E-state index >= 15 is 0 Å². The molecule has 131 valence electrons. The van der Waals surface area contributed by atoms with E-state index in [1.807, 2.05) is 0 Å². The summed E-state index contributed by atoms with van der Waals surface area (Å²) in [5.74, 6) is 0. The quantitative estimate of drug-likeness (QED) is 0.549. The van der Waals surface area contributed by atoms with Crippen molar-refractivity contribution >= 4 is 45.7 Å². The maximum Gasteiger partial charge on any atom is 0.331 e. The molecule has 1 N–H and O–H groups in total. The zero-order chi connectivity index (χ0) is 23.7. The minimum absolute atomic E-state index is 0.0565. The number of hydrogen-bond donors (Lipinski definition) is 1. The van der Waals surface area contributed by atoms with E-state index in [0.717, 1.165) is 0 Å². The monoisotopic (exact) mass is 351 g/mol.